The normalized spacial score (nSPS) is 13.3. The molecule has 124 valence electrons. The third kappa shape index (κ3) is 3.99. The van der Waals surface area contributed by atoms with E-state index in [1.807, 2.05) is 5.32 Å². The van der Waals surface area contributed by atoms with Crippen molar-refractivity contribution in [1.29, 1.82) is 0 Å². The van der Waals surface area contributed by atoms with Gasteiger partial charge in [-0.25, -0.2) is 4.79 Å². The first-order valence-electron chi connectivity index (χ1n) is 6.59. The Kier molecular flexibility index (Phi) is 4.84. The minimum absolute atomic E-state index is 0.0155. The Labute approximate surface area is 130 Å². The van der Waals surface area contributed by atoms with Crippen molar-refractivity contribution in [1.82, 2.24) is 5.32 Å². The van der Waals surface area contributed by atoms with Gasteiger partial charge in [0, 0.05) is 11.5 Å². The number of nitro benzene ring substituents is 1. The number of ether oxygens (including phenoxy) is 3. The molecule has 23 heavy (non-hydrogen) atoms. The molecule has 1 heterocycles. The molecule has 1 aliphatic heterocycles. The summed E-state index contributed by atoms with van der Waals surface area (Å²) in [5.41, 5.74) is 0.154. The Bertz CT molecular complexity index is 645. The molecule has 2 rings (SSSR count). The summed E-state index contributed by atoms with van der Waals surface area (Å²) < 4.78 is 15.1. The monoisotopic (exact) mass is 326 g/mol. The number of rotatable bonds is 6. The van der Waals surface area contributed by atoms with Crippen LogP contribution in [0.4, 0.5) is 10.5 Å². The van der Waals surface area contributed by atoms with Crippen LogP contribution in [0.2, 0.25) is 0 Å². The lowest BCUT2D eigenvalue weighted by Crippen LogP contribution is -2.30. The van der Waals surface area contributed by atoms with Crippen molar-refractivity contribution in [2.75, 3.05) is 19.9 Å². The maximum Gasteiger partial charge on any atom is 0.407 e. The van der Waals surface area contributed by atoms with Crippen LogP contribution in [0.5, 0.6) is 11.5 Å². The van der Waals surface area contributed by atoms with Crippen LogP contribution in [0.25, 0.3) is 0 Å². The standard InChI is InChI=1S/C13H14N2O8/c1-7(5-21-13(18)14-4-12(16)17)8-2-10-11(23-6-22-10)3-9(8)15(19)20/h2-3,7H,4-6H2,1H3,(H,14,18)(H,16,17). The van der Waals surface area contributed by atoms with Crippen molar-refractivity contribution in [2.45, 2.75) is 12.8 Å². The molecule has 0 radical (unpaired) electrons. The summed E-state index contributed by atoms with van der Waals surface area (Å²) >= 11 is 0. The average Bonchev–Trinajstić information content (AvgIpc) is 2.96. The van der Waals surface area contributed by atoms with Crippen LogP contribution in [0.15, 0.2) is 12.1 Å². The maximum atomic E-state index is 11.3. The number of nitro groups is 1. The molecule has 1 aliphatic rings. The van der Waals surface area contributed by atoms with Crippen LogP contribution in [0.1, 0.15) is 18.4 Å². The molecular weight excluding hydrogens is 312 g/mol. The quantitative estimate of drug-likeness (QED) is 0.588. The fourth-order valence-electron chi connectivity index (χ4n) is 1.99. The van der Waals surface area contributed by atoms with E-state index in [2.05, 4.69) is 0 Å². The van der Waals surface area contributed by atoms with Gasteiger partial charge >= 0.3 is 12.1 Å². The highest BCUT2D eigenvalue weighted by Gasteiger charge is 2.26. The zero-order chi connectivity index (χ0) is 17.0. The molecule has 1 aromatic rings. The molecular formula is C13H14N2O8. The van der Waals surface area contributed by atoms with Gasteiger partial charge in [-0.3, -0.25) is 14.9 Å². The molecule has 1 unspecified atom stereocenters. The van der Waals surface area contributed by atoms with Crippen LogP contribution in [0, 0.1) is 10.1 Å². The van der Waals surface area contributed by atoms with Gasteiger partial charge in [0.25, 0.3) is 5.69 Å². The summed E-state index contributed by atoms with van der Waals surface area (Å²) in [5, 5.41) is 21.6. The van der Waals surface area contributed by atoms with Crippen molar-refractivity contribution in [3.8, 4) is 11.5 Å². The summed E-state index contributed by atoms with van der Waals surface area (Å²) in [6.07, 6.45) is -0.914. The minimum atomic E-state index is -1.21. The highest BCUT2D eigenvalue weighted by Crippen LogP contribution is 2.40. The van der Waals surface area contributed by atoms with Crippen LogP contribution in [-0.2, 0) is 9.53 Å². The second-order valence-corrected chi connectivity index (χ2v) is 4.77. The molecule has 10 nitrogen and oxygen atoms in total. The van der Waals surface area contributed by atoms with Gasteiger partial charge in [-0.2, -0.15) is 0 Å². The first-order chi connectivity index (χ1) is 10.9. The third-order valence-corrected chi connectivity index (χ3v) is 3.10. The number of nitrogens with zero attached hydrogens (tertiary/aromatic N) is 1. The number of amides is 1. The second kappa shape index (κ2) is 6.81. The van der Waals surface area contributed by atoms with Crippen molar-refractivity contribution in [3.63, 3.8) is 0 Å². The predicted molar refractivity (Wildman–Crippen MR) is 74.6 cm³/mol. The first-order valence-corrected chi connectivity index (χ1v) is 6.59. The molecule has 0 saturated carbocycles. The van der Waals surface area contributed by atoms with Crippen molar-refractivity contribution < 1.29 is 33.8 Å². The fraction of sp³-hybridized carbons (Fsp3) is 0.385. The van der Waals surface area contributed by atoms with E-state index >= 15 is 0 Å². The lowest BCUT2D eigenvalue weighted by molar-refractivity contribution is -0.385. The summed E-state index contributed by atoms with van der Waals surface area (Å²) in [7, 11) is 0. The molecule has 0 saturated heterocycles. The molecule has 0 aromatic heterocycles. The summed E-state index contributed by atoms with van der Waals surface area (Å²) in [4.78, 5) is 32.2. The Morgan fingerprint density at radius 3 is 2.70 bits per heavy atom. The van der Waals surface area contributed by atoms with E-state index in [9.17, 15) is 19.7 Å². The number of carbonyl (C=O) groups is 2. The number of hydrogen-bond acceptors (Lipinski definition) is 7. The van der Waals surface area contributed by atoms with Gasteiger partial charge in [0.2, 0.25) is 6.79 Å². The van der Waals surface area contributed by atoms with Gasteiger partial charge in [0.05, 0.1) is 11.0 Å². The number of alkyl carbamates (subject to hydrolysis) is 1. The van der Waals surface area contributed by atoms with Crippen LogP contribution >= 0.6 is 0 Å². The molecule has 1 atom stereocenters. The predicted octanol–water partition coefficient (Wildman–Crippen LogP) is 1.24. The second-order valence-electron chi connectivity index (χ2n) is 4.77. The topological polar surface area (TPSA) is 137 Å². The summed E-state index contributed by atoms with van der Waals surface area (Å²) in [6, 6.07) is 2.74. The van der Waals surface area contributed by atoms with E-state index < -0.39 is 29.4 Å². The smallest absolute Gasteiger partial charge is 0.407 e. The van der Waals surface area contributed by atoms with Gasteiger partial charge in [-0.15, -0.1) is 0 Å². The van der Waals surface area contributed by atoms with Gasteiger partial charge in [-0.05, 0) is 6.07 Å². The van der Waals surface area contributed by atoms with E-state index in [4.69, 9.17) is 19.3 Å². The van der Waals surface area contributed by atoms with Gasteiger partial charge in [0.15, 0.2) is 11.5 Å². The van der Waals surface area contributed by atoms with Crippen LogP contribution < -0.4 is 14.8 Å². The number of carbonyl (C=O) groups excluding carboxylic acids is 1. The lowest BCUT2D eigenvalue weighted by atomic mass is 9.99. The van der Waals surface area contributed by atoms with Crippen molar-refractivity contribution >= 4 is 17.7 Å². The molecule has 0 aliphatic carbocycles. The number of nitrogens with one attached hydrogen (secondary N) is 1. The van der Waals surface area contributed by atoms with Crippen molar-refractivity contribution in [2.24, 2.45) is 0 Å². The van der Waals surface area contributed by atoms with Gasteiger partial charge in [-0.1, -0.05) is 6.92 Å². The fourth-order valence-corrected chi connectivity index (χ4v) is 1.99. The van der Waals surface area contributed by atoms with Gasteiger partial charge in [0.1, 0.15) is 13.2 Å². The minimum Gasteiger partial charge on any atom is -0.480 e. The molecule has 1 aromatic carbocycles. The molecule has 1 amide bonds. The highest BCUT2D eigenvalue weighted by molar-refractivity contribution is 5.76. The third-order valence-electron chi connectivity index (χ3n) is 3.10. The van der Waals surface area contributed by atoms with E-state index in [-0.39, 0.29) is 24.8 Å². The highest BCUT2D eigenvalue weighted by atomic mass is 16.7. The zero-order valence-electron chi connectivity index (χ0n) is 12.1. The molecule has 0 fully saturated rings. The number of fused-ring (bicyclic) bond motifs is 1. The Balaban J connectivity index is 2.06. The van der Waals surface area contributed by atoms with E-state index in [1.165, 1.54) is 12.1 Å². The lowest BCUT2D eigenvalue weighted by Gasteiger charge is -2.13. The van der Waals surface area contributed by atoms with E-state index in [1.54, 1.807) is 6.92 Å². The number of aliphatic carboxylic acids is 1. The Morgan fingerprint density at radius 2 is 2.09 bits per heavy atom. The average molecular weight is 326 g/mol. The maximum absolute atomic E-state index is 11.3. The SMILES string of the molecule is CC(COC(=O)NCC(=O)O)c1cc2c(cc1[N+](=O)[O-])OCO2. The Morgan fingerprint density at radius 1 is 1.43 bits per heavy atom. The Hall–Kier alpha value is -3.04. The number of carboxylic acid groups (broad SMARTS) is 1. The number of carboxylic acids is 1. The summed E-state index contributed by atoms with van der Waals surface area (Å²) in [5.74, 6) is -1.04. The molecule has 0 spiro atoms. The summed E-state index contributed by atoms with van der Waals surface area (Å²) in [6.45, 7) is 0.886. The molecule has 10 heteroatoms. The molecule has 2 N–H and O–H groups in total. The first kappa shape index (κ1) is 16.3. The van der Waals surface area contributed by atoms with Crippen molar-refractivity contribution in [3.05, 3.63) is 27.8 Å². The van der Waals surface area contributed by atoms with Crippen LogP contribution in [-0.4, -0.2) is 42.0 Å². The number of hydrogen-bond donors (Lipinski definition) is 2. The van der Waals surface area contributed by atoms with Gasteiger partial charge < -0.3 is 24.6 Å². The van der Waals surface area contributed by atoms with Crippen LogP contribution in [0.3, 0.4) is 0 Å². The molecule has 0 bridgehead atoms. The largest absolute Gasteiger partial charge is 0.480 e. The zero-order valence-corrected chi connectivity index (χ0v) is 12.1. The number of benzene rings is 1. The van der Waals surface area contributed by atoms with E-state index in [0.717, 1.165) is 0 Å². The van der Waals surface area contributed by atoms with E-state index in [0.29, 0.717) is 11.3 Å².